The summed E-state index contributed by atoms with van der Waals surface area (Å²) < 4.78 is 0. The van der Waals surface area contributed by atoms with Gasteiger partial charge in [-0.15, -0.1) is 12.6 Å². The summed E-state index contributed by atoms with van der Waals surface area (Å²) in [6.07, 6.45) is 3.39. The third kappa shape index (κ3) is 2.73. The van der Waals surface area contributed by atoms with Gasteiger partial charge in [0.2, 0.25) is 0 Å². The van der Waals surface area contributed by atoms with Crippen LogP contribution in [0.5, 0.6) is 0 Å². The van der Waals surface area contributed by atoms with Gasteiger partial charge in [0.25, 0.3) is 0 Å². The minimum Gasteiger partial charge on any atom is -0.478 e. The van der Waals surface area contributed by atoms with Gasteiger partial charge in [-0.3, -0.25) is 0 Å². The lowest BCUT2D eigenvalue weighted by Gasteiger charge is -1.94. The van der Waals surface area contributed by atoms with Crippen molar-refractivity contribution in [2.75, 3.05) is 0 Å². The zero-order valence-electron chi connectivity index (χ0n) is 5.96. The zero-order valence-corrected chi connectivity index (χ0v) is 6.85. The Kier molecular flexibility index (Phi) is 3.88. The number of carbonyl (C=O) groups is 1. The van der Waals surface area contributed by atoms with Crippen LogP contribution in [-0.2, 0) is 4.79 Å². The molecule has 2 nitrogen and oxygen atoms in total. The highest BCUT2D eigenvalue weighted by molar-refractivity contribution is 7.84. The maximum atomic E-state index is 10.3. The Bertz CT molecular complexity index is 192. The van der Waals surface area contributed by atoms with Crippen LogP contribution in [-0.4, -0.2) is 11.1 Å². The molecule has 0 atom stereocenters. The largest absolute Gasteiger partial charge is 0.478 e. The van der Waals surface area contributed by atoms with Gasteiger partial charge < -0.3 is 5.11 Å². The molecule has 0 amide bonds. The summed E-state index contributed by atoms with van der Waals surface area (Å²) in [6, 6.07) is 0. The molecule has 0 radical (unpaired) electrons. The van der Waals surface area contributed by atoms with E-state index in [-0.39, 0.29) is 5.57 Å². The first kappa shape index (κ1) is 9.30. The Hall–Kier alpha value is -0.700. The van der Waals surface area contributed by atoms with Crippen molar-refractivity contribution in [3.63, 3.8) is 0 Å². The average Bonchev–Trinajstić information content (AvgIpc) is 1.87. The topological polar surface area (TPSA) is 37.3 Å². The lowest BCUT2D eigenvalue weighted by molar-refractivity contribution is -0.132. The van der Waals surface area contributed by atoms with Crippen LogP contribution in [0.3, 0.4) is 0 Å². The van der Waals surface area contributed by atoms with Crippen LogP contribution in [0.4, 0.5) is 0 Å². The van der Waals surface area contributed by atoms with Crippen LogP contribution in [0.25, 0.3) is 0 Å². The van der Waals surface area contributed by atoms with Crippen LogP contribution >= 0.6 is 12.6 Å². The minimum atomic E-state index is -0.928. The van der Waals surface area contributed by atoms with E-state index < -0.39 is 5.97 Å². The molecule has 0 saturated heterocycles. The molecule has 0 aliphatic heterocycles. The molecule has 0 unspecified atom stereocenters. The number of hydrogen-bond donors (Lipinski definition) is 2. The molecule has 0 fully saturated rings. The van der Waals surface area contributed by atoms with E-state index in [0.29, 0.717) is 4.91 Å². The molecule has 0 aliphatic rings. The number of allylic oxidation sites excluding steroid dienone is 2. The molecule has 0 rings (SSSR count). The van der Waals surface area contributed by atoms with Crippen molar-refractivity contribution in [1.82, 2.24) is 0 Å². The number of hydrogen-bond acceptors (Lipinski definition) is 2. The van der Waals surface area contributed by atoms with Gasteiger partial charge in [-0.1, -0.05) is 12.2 Å². The molecule has 0 aromatic heterocycles. The van der Waals surface area contributed by atoms with Gasteiger partial charge in [0.05, 0.1) is 0 Å². The SMILES string of the molecule is C/C=C\C(S)=C(/C)C(=O)O. The first-order valence-electron chi connectivity index (χ1n) is 2.85. The van der Waals surface area contributed by atoms with Crippen molar-refractivity contribution in [2.45, 2.75) is 13.8 Å². The van der Waals surface area contributed by atoms with E-state index in [9.17, 15) is 4.79 Å². The van der Waals surface area contributed by atoms with Crippen molar-refractivity contribution >= 4 is 18.6 Å². The molecule has 10 heavy (non-hydrogen) atoms. The highest BCUT2D eigenvalue weighted by Gasteiger charge is 2.01. The van der Waals surface area contributed by atoms with Crippen LogP contribution in [0.15, 0.2) is 22.6 Å². The highest BCUT2D eigenvalue weighted by atomic mass is 32.1. The van der Waals surface area contributed by atoms with E-state index in [1.165, 1.54) is 6.92 Å². The smallest absolute Gasteiger partial charge is 0.332 e. The molecule has 56 valence electrons. The normalized spacial score (nSPS) is 13.5. The molecule has 0 saturated carbocycles. The van der Waals surface area contributed by atoms with E-state index in [2.05, 4.69) is 12.6 Å². The van der Waals surface area contributed by atoms with Crippen LogP contribution in [0.1, 0.15) is 13.8 Å². The van der Waals surface area contributed by atoms with Gasteiger partial charge >= 0.3 is 5.97 Å². The second-order valence-electron chi connectivity index (χ2n) is 1.82. The Morgan fingerprint density at radius 1 is 1.60 bits per heavy atom. The molecular formula is C7H10O2S. The maximum Gasteiger partial charge on any atom is 0.332 e. The predicted molar refractivity (Wildman–Crippen MR) is 44.1 cm³/mol. The quantitative estimate of drug-likeness (QED) is 0.365. The fourth-order valence-electron chi connectivity index (χ4n) is 0.392. The number of thiol groups is 1. The number of carboxylic acids is 1. The molecule has 0 aromatic carbocycles. The van der Waals surface area contributed by atoms with Crippen LogP contribution < -0.4 is 0 Å². The van der Waals surface area contributed by atoms with Gasteiger partial charge in [-0.25, -0.2) is 4.79 Å². The van der Waals surface area contributed by atoms with Crippen molar-refractivity contribution in [3.8, 4) is 0 Å². The second kappa shape index (κ2) is 4.17. The van der Waals surface area contributed by atoms with E-state index in [4.69, 9.17) is 5.11 Å². The van der Waals surface area contributed by atoms with Gasteiger partial charge in [0.15, 0.2) is 0 Å². The molecule has 1 N–H and O–H groups in total. The van der Waals surface area contributed by atoms with Crippen LogP contribution in [0, 0.1) is 0 Å². The highest BCUT2D eigenvalue weighted by Crippen LogP contribution is 2.09. The summed E-state index contributed by atoms with van der Waals surface area (Å²) in [7, 11) is 0. The summed E-state index contributed by atoms with van der Waals surface area (Å²) in [5, 5.41) is 8.44. The van der Waals surface area contributed by atoms with E-state index >= 15 is 0 Å². The maximum absolute atomic E-state index is 10.3. The summed E-state index contributed by atoms with van der Waals surface area (Å²) in [4.78, 5) is 10.8. The summed E-state index contributed by atoms with van der Waals surface area (Å²) in [5.74, 6) is -0.928. The predicted octanol–water partition coefficient (Wildman–Crippen LogP) is 1.85. The molecular weight excluding hydrogens is 148 g/mol. The zero-order chi connectivity index (χ0) is 8.15. The molecule has 0 aromatic rings. The third-order valence-electron chi connectivity index (χ3n) is 1.03. The summed E-state index contributed by atoms with van der Waals surface area (Å²) in [5.41, 5.74) is 0.265. The van der Waals surface area contributed by atoms with Crippen LogP contribution in [0.2, 0.25) is 0 Å². The van der Waals surface area contributed by atoms with Crippen molar-refractivity contribution in [1.29, 1.82) is 0 Å². The third-order valence-corrected chi connectivity index (χ3v) is 1.51. The monoisotopic (exact) mass is 158 g/mol. The first-order chi connectivity index (χ1) is 4.59. The second-order valence-corrected chi connectivity index (χ2v) is 2.30. The molecule has 0 bridgehead atoms. The van der Waals surface area contributed by atoms with E-state index in [0.717, 1.165) is 0 Å². The fourth-order valence-corrected chi connectivity index (χ4v) is 0.637. The standard InChI is InChI=1S/C7H10O2S/c1-3-4-6(10)5(2)7(8)9/h3-4,10H,1-2H3,(H,8,9)/b4-3-,6-5-. The first-order valence-corrected chi connectivity index (χ1v) is 3.30. The van der Waals surface area contributed by atoms with Gasteiger partial charge in [-0.05, 0) is 13.8 Å². The molecule has 0 aliphatic carbocycles. The minimum absolute atomic E-state index is 0.265. The number of aliphatic carboxylic acids is 1. The van der Waals surface area contributed by atoms with Crippen molar-refractivity contribution in [2.24, 2.45) is 0 Å². The average molecular weight is 158 g/mol. The van der Waals surface area contributed by atoms with E-state index in [1.807, 2.05) is 6.92 Å². The lowest BCUT2D eigenvalue weighted by Crippen LogP contribution is -1.96. The van der Waals surface area contributed by atoms with Gasteiger partial charge in [0.1, 0.15) is 0 Å². The Labute approximate surface area is 65.7 Å². The Morgan fingerprint density at radius 3 is 2.40 bits per heavy atom. The lowest BCUT2D eigenvalue weighted by atomic mass is 10.3. The fraction of sp³-hybridized carbons (Fsp3) is 0.286. The molecule has 3 heteroatoms. The molecule has 0 heterocycles. The van der Waals surface area contributed by atoms with E-state index in [1.54, 1.807) is 12.2 Å². The number of rotatable bonds is 2. The summed E-state index contributed by atoms with van der Waals surface area (Å²) >= 11 is 3.96. The Morgan fingerprint density at radius 2 is 2.10 bits per heavy atom. The number of carboxylic acid groups (broad SMARTS) is 1. The summed E-state index contributed by atoms with van der Waals surface area (Å²) in [6.45, 7) is 3.33. The Balaban J connectivity index is 4.50. The van der Waals surface area contributed by atoms with Crippen molar-refractivity contribution in [3.05, 3.63) is 22.6 Å². The van der Waals surface area contributed by atoms with Crippen molar-refractivity contribution < 1.29 is 9.90 Å². The van der Waals surface area contributed by atoms with Gasteiger partial charge in [-0.2, -0.15) is 0 Å². The van der Waals surface area contributed by atoms with Gasteiger partial charge in [0, 0.05) is 10.5 Å². The molecule has 0 spiro atoms.